The average molecular weight is 358 g/mol. The number of hydrogen-bond donors (Lipinski definition) is 0. The standard InChI is InChI=1S/C19H26N4O3/c1-21-13-19(26-18(21)25)7-2-10-23(14-19)16-5-11-22(12-6-16)17(24)15-3-8-20-9-4-15/h3-4,8-9,16H,2,5-7,10-14H2,1H3. The lowest BCUT2D eigenvalue weighted by Crippen LogP contribution is -2.56. The molecule has 1 aromatic heterocycles. The smallest absolute Gasteiger partial charge is 0.410 e. The highest BCUT2D eigenvalue weighted by molar-refractivity contribution is 5.94. The largest absolute Gasteiger partial charge is 0.440 e. The van der Waals surface area contributed by atoms with E-state index >= 15 is 0 Å². The minimum atomic E-state index is -0.339. The van der Waals surface area contributed by atoms with E-state index in [1.807, 2.05) is 4.90 Å². The van der Waals surface area contributed by atoms with Gasteiger partial charge < -0.3 is 14.5 Å². The number of carbonyl (C=O) groups is 2. The third-order valence-corrected chi connectivity index (χ3v) is 5.91. The normalized spacial score (nSPS) is 27.8. The molecule has 0 aromatic carbocycles. The van der Waals surface area contributed by atoms with Crippen molar-refractivity contribution in [3.8, 4) is 0 Å². The first-order valence-corrected chi connectivity index (χ1v) is 9.44. The summed E-state index contributed by atoms with van der Waals surface area (Å²) in [5, 5.41) is 0. The predicted octanol–water partition coefficient (Wildman–Crippen LogP) is 1.60. The van der Waals surface area contributed by atoms with Crippen molar-refractivity contribution in [3.63, 3.8) is 0 Å². The van der Waals surface area contributed by atoms with E-state index in [2.05, 4.69) is 9.88 Å². The number of likely N-dealkylation sites (N-methyl/N-ethyl adjacent to an activating group) is 1. The zero-order valence-electron chi connectivity index (χ0n) is 15.3. The van der Waals surface area contributed by atoms with Gasteiger partial charge >= 0.3 is 6.09 Å². The van der Waals surface area contributed by atoms with Crippen LogP contribution in [0.25, 0.3) is 0 Å². The number of aromatic nitrogens is 1. The molecule has 26 heavy (non-hydrogen) atoms. The molecule has 140 valence electrons. The van der Waals surface area contributed by atoms with Crippen LogP contribution < -0.4 is 0 Å². The van der Waals surface area contributed by atoms with Gasteiger partial charge in [0.1, 0.15) is 5.60 Å². The minimum absolute atomic E-state index is 0.0901. The Morgan fingerprint density at radius 1 is 1.19 bits per heavy atom. The Bertz CT molecular complexity index is 675. The summed E-state index contributed by atoms with van der Waals surface area (Å²) in [6, 6.07) is 4.00. The second-order valence-electron chi connectivity index (χ2n) is 7.74. The van der Waals surface area contributed by atoms with Gasteiger partial charge in [-0.15, -0.1) is 0 Å². The number of pyridine rings is 1. The van der Waals surface area contributed by atoms with Crippen molar-refractivity contribution >= 4 is 12.0 Å². The maximum Gasteiger partial charge on any atom is 0.410 e. The fraction of sp³-hybridized carbons (Fsp3) is 0.632. The van der Waals surface area contributed by atoms with Gasteiger partial charge in [0, 0.05) is 50.7 Å². The zero-order valence-corrected chi connectivity index (χ0v) is 15.3. The number of piperidine rings is 2. The monoisotopic (exact) mass is 358 g/mol. The van der Waals surface area contributed by atoms with E-state index in [0.29, 0.717) is 18.2 Å². The minimum Gasteiger partial charge on any atom is -0.440 e. The van der Waals surface area contributed by atoms with Gasteiger partial charge in [-0.25, -0.2) is 4.79 Å². The molecular weight excluding hydrogens is 332 g/mol. The van der Waals surface area contributed by atoms with Crippen LogP contribution in [0.5, 0.6) is 0 Å². The molecule has 4 rings (SSSR count). The van der Waals surface area contributed by atoms with E-state index in [4.69, 9.17) is 4.74 Å². The number of ether oxygens (including phenoxy) is 1. The van der Waals surface area contributed by atoms with Crippen molar-refractivity contribution in [2.75, 3.05) is 39.8 Å². The third-order valence-electron chi connectivity index (χ3n) is 5.91. The molecule has 0 saturated carbocycles. The Morgan fingerprint density at radius 2 is 1.92 bits per heavy atom. The van der Waals surface area contributed by atoms with Crippen LogP contribution in [0.3, 0.4) is 0 Å². The summed E-state index contributed by atoms with van der Waals surface area (Å²) < 4.78 is 5.72. The van der Waals surface area contributed by atoms with Crippen LogP contribution in [-0.4, -0.2) is 83.1 Å². The van der Waals surface area contributed by atoms with Gasteiger partial charge in [-0.05, 0) is 44.4 Å². The quantitative estimate of drug-likeness (QED) is 0.803. The predicted molar refractivity (Wildman–Crippen MR) is 95.8 cm³/mol. The summed E-state index contributed by atoms with van der Waals surface area (Å²) in [5.41, 5.74) is 0.366. The lowest BCUT2D eigenvalue weighted by atomic mass is 9.90. The van der Waals surface area contributed by atoms with Crippen LogP contribution in [-0.2, 0) is 4.74 Å². The van der Waals surface area contributed by atoms with Gasteiger partial charge in [-0.1, -0.05) is 0 Å². The van der Waals surface area contributed by atoms with Gasteiger partial charge in [0.25, 0.3) is 5.91 Å². The van der Waals surface area contributed by atoms with Crippen LogP contribution >= 0.6 is 0 Å². The highest BCUT2D eigenvalue weighted by Gasteiger charge is 2.47. The van der Waals surface area contributed by atoms with E-state index in [-0.39, 0.29) is 17.6 Å². The molecule has 0 N–H and O–H groups in total. The molecule has 3 fully saturated rings. The average Bonchev–Trinajstić information content (AvgIpc) is 2.94. The number of carbonyl (C=O) groups excluding carboxylic acids is 2. The summed E-state index contributed by atoms with van der Waals surface area (Å²) >= 11 is 0. The summed E-state index contributed by atoms with van der Waals surface area (Å²) in [5.74, 6) is 0.0901. The fourth-order valence-electron chi connectivity index (χ4n) is 4.56. The van der Waals surface area contributed by atoms with E-state index in [9.17, 15) is 9.59 Å². The third kappa shape index (κ3) is 3.28. The van der Waals surface area contributed by atoms with Gasteiger partial charge in [0.2, 0.25) is 0 Å². The topological polar surface area (TPSA) is 66.0 Å². The first kappa shape index (κ1) is 17.3. The lowest BCUT2D eigenvalue weighted by Gasteiger charge is -2.45. The molecule has 0 aliphatic carbocycles. The molecule has 1 atom stereocenters. The molecule has 2 amide bonds. The van der Waals surface area contributed by atoms with Crippen molar-refractivity contribution in [2.24, 2.45) is 0 Å². The zero-order chi connectivity index (χ0) is 18.1. The Kier molecular flexibility index (Phi) is 4.56. The maximum atomic E-state index is 12.6. The fourth-order valence-corrected chi connectivity index (χ4v) is 4.56. The van der Waals surface area contributed by atoms with E-state index in [1.54, 1.807) is 36.5 Å². The first-order valence-electron chi connectivity index (χ1n) is 9.44. The Morgan fingerprint density at radius 3 is 2.58 bits per heavy atom. The molecule has 1 aromatic rings. The molecule has 3 aliphatic heterocycles. The van der Waals surface area contributed by atoms with E-state index < -0.39 is 0 Å². The molecule has 3 aliphatic rings. The van der Waals surface area contributed by atoms with E-state index in [1.165, 1.54) is 0 Å². The highest BCUT2D eigenvalue weighted by Crippen LogP contribution is 2.33. The Hall–Kier alpha value is -2.15. The van der Waals surface area contributed by atoms with Gasteiger partial charge in [0.05, 0.1) is 6.54 Å². The van der Waals surface area contributed by atoms with E-state index in [0.717, 1.165) is 51.9 Å². The number of likely N-dealkylation sites (tertiary alicyclic amines) is 2. The number of nitrogens with zero attached hydrogens (tertiary/aromatic N) is 4. The summed E-state index contributed by atoms with van der Waals surface area (Å²) in [6.07, 6.45) is 7.05. The first-order chi connectivity index (χ1) is 12.6. The molecule has 1 unspecified atom stereocenters. The van der Waals surface area contributed by atoms with Gasteiger partial charge in [-0.3, -0.25) is 14.7 Å². The van der Waals surface area contributed by atoms with Crippen molar-refractivity contribution in [2.45, 2.75) is 37.3 Å². The van der Waals surface area contributed by atoms with Crippen molar-refractivity contribution in [1.29, 1.82) is 0 Å². The number of hydrogen-bond acceptors (Lipinski definition) is 5. The van der Waals surface area contributed by atoms with Crippen LogP contribution in [0.2, 0.25) is 0 Å². The number of amides is 2. The second kappa shape index (κ2) is 6.87. The lowest BCUT2D eigenvalue weighted by molar-refractivity contribution is -0.0313. The van der Waals surface area contributed by atoms with Crippen molar-refractivity contribution in [3.05, 3.63) is 30.1 Å². The van der Waals surface area contributed by atoms with Gasteiger partial charge in [0.15, 0.2) is 0 Å². The van der Waals surface area contributed by atoms with Crippen LogP contribution in [0.15, 0.2) is 24.5 Å². The van der Waals surface area contributed by atoms with Crippen LogP contribution in [0.1, 0.15) is 36.0 Å². The summed E-state index contributed by atoms with van der Waals surface area (Å²) in [6.45, 7) is 4.09. The molecular formula is C19H26N4O3. The summed E-state index contributed by atoms with van der Waals surface area (Å²) in [7, 11) is 1.80. The molecule has 7 nitrogen and oxygen atoms in total. The molecule has 0 bridgehead atoms. The number of rotatable bonds is 2. The molecule has 4 heterocycles. The van der Waals surface area contributed by atoms with Gasteiger partial charge in [-0.2, -0.15) is 0 Å². The second-order valence-corrected chi connectivity index (χ2v) is 7.74. The molecule has 0 radical (unpaired) electrons. The molecule has 3 saturated heterocycles. The maximum absolute atomic E-state index is 12.6. The van der Waals surface area contributed by atoms with Crippen LogP contribution in [0.4, 0.5) is 4.79 Å². The highest BCUT2D eigenvalue weighted by atomic mass is 16.6. The SMILES string of the molecule is CN1CC2(CCCN(C3CCN(C(=O)c4ccncc4)CC3)C2)OC1=O. The van der Waals surface area contributed by atoms with Crippen molar-refractivity contribution in [1.82, 2.24) is 19.7 Å². The molecule has 1 spiro atoms. The molecule has 7 heteroatoms. The van der Waals surface area contributed by atoms with Crippen molar-refractivity contribution < 1.29 is 14.3 Å². The van der Waals surface area contributed by atoms with Crippen LogP contribution in [0, 0.1) is 0 Å². The summed E-state index contributed by atoms with van der Waals surface area (Å²) in [4.78, 5) is 34.5. The Labute approximate surface area is 153 Å². The Balaban J connectivity index is 1.35.